The largest absolute Gasteiger partial charge is 0.493 e. The van der Waals surface area contributed by atoms with Crippen molar-refractivity contribution in [1.82, 2.24) is 9.78 Å². The minimum absolute atomic E-state index is 0.256. The van der Waals surface area contributed by atoms with E-state index >= 15 is 0 Å². The molecule has 1 saturated carbocycles. The highest BCUT2D eigenvalue weighted by Crippen LogP contribution is 2.54. The molecule has 0 aliphatic heterocycles. The quantitative estimate of drug-likeness (QED) is 0.915. The normalized spacial score (nSPS) is 23.1. The summed E-state index contributed by atoms with van der Waals surface area (Å²) in [6.45, 7) is 0. The van der Waals surface area contributed by atoms with Gasteiger partial charge in [-0.05, 0) is 23.8 Å². The Kier molecular flexibility index (Phi) is 3.03. The Hall–Kier alpha value is -1.81. The molecule has 3 rings (SSSR count). The second kappa shape index (κ2) is 4.70. The van der Waals surface area contributed by atoms with E-state index in [1.807, 2.05) is 25.2 Å². The van der Waals surface area contributed by atoms with Gasteiger partial charge in [0.1, 0.15) is 11.8 Å². The molecule has 0 radical (unpaired) electrons. The fourth-order valence-corrected chi connectivity index (χ4v) is 2.77. The van der Waals surface area contributed by atoms with Gasteiger partial charge in [-0.15, -0.1) is 0 Å². The van der Waals surface area contributed by atoms with E-state index in [0.717, 1.165) is 12.1 Å². The summed E-state index contributed by atoms with van der Waals surface area (Å²) in [5.74, 6) is 1.36. The highest BCUT2D eigenvalue weighted by atomic mass is 16.5. The Morgan fingerprint density at radius 3 is 2.79 bits per heavy atom. The van der Waals surface area contributed by atoms with Crippen LogP contribution in [0.1, 0.15) is 29.7 Å². The van der Waals surface area contributed by atoms with Crippen LogP contribution in [0.25, 0.3) is 0 Å². The molecule has 2 aromatic rings. The summed E-state index contributed by atoms with van der Waals surface area (Å²) in [5, 5.41) is 14.7. The number of aromatic nitrogens is 2. The van der Waals surface area contributed by atoms with Crippen LogP contribution >= 0.6 is 0 Å². The molecule has 4 heteroatoms. The van der Waals surface area contributed by atoms with Gasteiger partial charge < -0.3 is 9.84 Å². The van der Waals surface area contributed by atoms with E-state index in [4.69, 9.17) is 4.74 Å². The summed E-state index contributed by atoms with van der Waals surface area (Å²) in [6.07, 6.45) is 2.14. The third-order valence-electron chi connectivity index (χ3n) is 3.92. The number of ether oxygens (including phenoxy) is 1. The maximum atomic E-state index is 10.5. The number of hydrogen-bond acceptors (Lipinski definition) is 3. The summed E-state index contributed by atoms with van der Waals surface area (Å²) in [4.78, 5) is 0. The Morgan fingerprint density at radius 2 is 2.11 bits per heavy atom. The van der Waals surface area contributed by atoms with E-state index in [0.29, 0.717) is 11.7 Å². The summed E-state index contributed by atoms with van der Waals surface area (Å²) in [7, 11) is 3.44. The van der Waals surface area contributed by atoms with E-state index in [-0.39, 0.29) is 5.92 Å². The van der Waals surface area contributed by atoms with Crippen molar-refractivity contribution in [2.24, 2.45) is 13.0 Å². The van der Waals surface area contributed by atoms with Crippen molar-refractivity contribution < 1.29 is 9.84 Å². The molecule has 1 aromatic carbocycles. The lowest BCUT2D eigenvalue weighted by Crippen LogP contribution is -2.09. The average Bonchev–Trinajstić information content (AvgIpc) is 3.16. The van der Waals surface area contributed by atoms with Crippen LogP contribution < -0.4 is 4.74 Å². The highest BCUT2D eigenvalue weighted by molar-refractivity contribution is 5.32. The average molecular weight is 258 g/mol. The Labute approximate surface area is 112 Å². The number of hydrogen-bond donors (Lipinski definition) is 1. The van der Waals surface area contributed by atoms with Gasteiger partial charge in [0.2, 0.25) is 0 Å². The predicted octanol–water partition coefficient (Wildman–Crippen LogP) is 2.27. The molecule has 19 heavy (non-hydrogen) atoms. The van der Waals surface area contributed by atoms with Crippen LogP contribution in [0.15, 0.2) is 36.5 Å². The van der Waals surface area contributed by atoms with E-state index in [9.17, 15) is 5.11 Å². The van der Waals surface area contributed by atoms with Crippen molar-refractivity contribution in [2.75, 3.05) is 7.11 Å². The third-order valence-corrected chi connectivity index (χ3v) is 3.92. The van der Waals surface area contributed by atoms with E-state index in [2.05, 4.69) is 17.2 Å². The topological polar surface area (TPSA) is 47.3 Å². The second-order valence-electron chi connectivity index (χ2n) is 5.08. The first-order chi connectivity index (χ1) is 9.22. The van der Waals surface area contributed by atoms with Gasteiger partial charge in [-0.3, -0.25) is 4.68 Å². The van der Waals surface area contributed by atoms with Crippen LogP contribution in [0.4, 0.5) is 0 Å². The lowest BCUT2D eigenvalue weighted by atomic mass is 10.0. The van der Waals surface area contributed by atoms with Gasteiger partial charge in [0.25, 0.3) is 0 Å². The van der Waals surface area contributed by atoms with Crippen LogP contribution in [-0.4, -0.2) is 22.0 Å². The molecule has 100 valence electrons. The van der Waals surface area contributed by atoms with Crippen molar-refractivity contribution in [1.29, 1.82) is 0 Å². The fourth-order valence-electron chi connectivity index (χ4n) is 2.77. The molecule has 0 bridgehead atoms. The van der Waals surface area contributed by atoms with Gasteiger partial charge in [-0.1, -0.05) is 30.3 Å². The first-order valence-corrected chi connectivity index (χ1v) is 6.51. The van der Waals surface area contributed by atoms with Crippen LogP contribution in [0, 0.1) is 5.92 Å². The molecule has 0 spiro atoms. The zero-order valence-electron chi connectivity index (χ0n) is 11.2. The second-order valence-corrected chi connectivity index (χ2v) is 5.08. The number of benzene rings is 1. The lowest BCUT2D eigenvalue weighted by molar-refractivity contribution is 0.138. The van der Waals surface area contributed by atoms with Crippen molar-refractivity contribution in [3.8, 4) is 5.75 Å². The van der Waals surface area contributed by atoms with E-state index < -0.39 is 6.10 Å². The number of methoxy groups -OCH3 is 1. The monoisotopic (exact) mass is 258 g/mol. The molecule has 4 nitrogen and oxygen atoms in total. The molecule has 1 N–H and O–H groups in total. The number of aliphatic hydroxyl groups is 1. The van der Waals surface area contributed by atoms with Gasteiger partial charge in [0.15, 0.2) is 5.75 Å². The molecule has 0 amide bonds. The molecule has 1 heterocycles. The summed E-state index contributed by atoms with van der Waals surface area (Å²) < 4.78 is 6.96. The zero-order chi connectivity index (χ0) is 13.4. The maximum Gasteiger partial charge on any atom is 0.162 e. The number of rotatable bonds is 4. The molecule has 1 aromatic heterocycles. The highest BCUT2D eigenvalue weighted by Gasteiger charge is 2.45. The molecular formula is C15H18N2O2. The number of aliphatic hydroxyl groups excluding tert-OH is 1. The lowest BCUT2D eigenvalue weighted by Gasteiger charge is -2.13. The van der Waals surface area contributed by atoms with Crippen LogP contribution in [0.2, 0.25) is 0 Å². The van der Waals surface area contributed by atoms with Gasteiger partial charge in [-0.25, -0.2) is 0 Å². The van der Waals surface area contributed by atoms with Gasteiger partial charge in [0.05, 0.1) is 13.3 Å². The first kappa shape index (κ1) is 12.2. The van der Waals surface area contributed by atoms with Crippen LogP contribution in [0.5, 0.6) is 5.75 Å². The first-order valence-electron chi connectivity index (χ1n) is 6.51. The third kappa shape index (κ3) is 2.12. The zero-order valence-corrected chi connectivity index (χ0v) is 11.2. The fraction of sp³-hybridized carbons (Fsp3) is 0.400. The number of nitrogens with zero attached hydrogens (tertiary/aromatic N) is 2. The predicted molar refractivity (Wildman–Crippen MR) is 72.0 cm³/mol. The van der Waals surface area contributed by atoms with Crippen molar-refractivity contribution in [2.45, 2.75) is 18.4 Å². The van der Waals surface area contributed by atoms with E-state index in [1.54, 1.807) is 18.0 Å². The number of aryl methyl sites for hydroxylation is 1. The Bertz CT molecular complexity index is 565. The smallest absolute Gasteiger partial charge is 0.162 e. The van der Waals surface area contributed by atoms with Gasteiger partial charge in [-0.2, -0.15) is 5.10 Å². The van der Waals surface area contributed by atoms with Crippen molar-refractivity contribution in [3.63, 3.8) is 0 Å². The molecule has 3 atom stereocenters. The van der Waals surface area contributed by atoms with Crippen LogP contribution in [-0.2, 0) is 7.05 Å². The Morgan fingerprint density at radius 1 is 1.37 bits per heavy atom. The standard InChI is InChI=1S/C15H18N2O2/c1-17-14(13(19-2)9-16-17)15(18)12-8-11(12)10-6-4-3-5-7-10/h3-7,9,11-12,15,18H,8H2,1-2H3. The molecule has 1 aliphatic rings. The molecule has 1 fully saturated rings. The minimum atomic E-state index is -0.521. The summed E-state index contributed by atoms with van der Waals surface area (Å²) in [6, 6.07) is 10.3. The molecule has 1 aliphatic carbocycles. The van der Waals surface area contributed by atoms with E-state index in [1.165, 1.54) is 5.56 Å². The summed E-state index contributed by atoms with van der Waals surface area (Å²) in [5.41, 5.74) is 2.07. The Balaban J connectivity index is 1.80. The summed E-state index contributed by atoms with van der Waals surface area (Å²) >= 11 is 0. The van der Waals surface area contributed by atoms with Crippen molar-refractivity contribution >= 4 is 0 Å². The molecular weight excluding hydrogens is 240 g/mol. The molecule has 0 saturated heterocycles. The molecule has 3 unspecified atom stereocenters. The van der Waals surface area contributed by atoms with Gasteiger partial charge >= 0.3 is 0 Å². The van der Waals surface area contributed by atoms with Crippen molar-refractivity contribution in [3.05, 3.63) is 47.8 Å². The maximum absolute atomic E-state index is 10.5. The SMILES string of the molecule is COc1cnn(C)c1C(O)C1CC1c1ccccc1. The van der Waals surface area contributed by atoms with Crippen LogP contribution in [0.3, 0.4) is 0 Å². The van der Waals surface area contributed by atoms with Gasteiger partial charge in [0, 0.05) is 7.05 Å². The minimum Gasteiger partial charge on any atom is -0.493 e.